The lowest BCUT2D eigenvalue weighted by Gasteiger charge is -2.28. The van der Waals surface area contributed by atoms with Crippen LogP contribution in [0.3, 0.4) is 0 Å². The molecule has 3 N–H and O–H groups in total. The molecule has 3 rings (SSSR count). The number of benzene rings is 1. The second kappa shape index (κ2) is 9.38. The van der Waals surface area contributed by atoms with E-state index in [9.17, 15) is 14.7 Å². The van der Waals surface area contributed by atoms with Crippen LogP contribution in [0.2, 0.25) is 4.34 Å². The van der Waals surface area contributed by atoms with Crippen LogP contribution < -0.4 is 15.5 Å². The number of aliphatic hydroxyl groups is 1. The minimum absolute atomic E-state index is 0.0479. The lowest BCUT2D eigenvalue weighted by atomic mass is 10.1. The normalized spacial score (nSPS) is 15.4. The number of nitrogens with zero attached hydrogens (tertiary/aromatic N) is 1. The predicted molar refractivity (Wildman–Crippen MR) is 111 cm³/mol. The molecule has 1 aromatic carbocycles. The first-order valence-electron chi connectivity index (χ1n) is 8.88. The van der Waals surface area contributed by atoms with E-state index in [1.165, 1.54) is 11.3 Å². The van der Waals surface area contributed by atoms with Crippen molar-refractivity contribution in [1.82, 2.24) is 5.32 Å². The lowest BCUT2D eigenvalue weighted by Crippen LogP contribution is -2.42. The van der Waals surface area contributed by atoms with Crippen LogP contribution in [0, 0.1) is 6.92 Å². The first kappa shape index (κ1) is 20.6. The van der Waals surface area contributed by atoms with Crippen molar-refractivity contribution in [1.29, 1.82) is 0 Å². The molecule has 0 spiro atoms. The summed E-state index contributed by atoms with van der Waals surface area (Å²) in [5, 5.41) is 15.9. The number of anilines is 2. The fourth-order valence-electron chi connectivity index (χ4n) is 2.88. The van der Waals surface area contributed by atoms with Gasteiger partial charge in [-0.25, -0.2) is 0 Å². The molecule has 0 bridgehead atoms. The summed E-state index contributed by atoms with van der Waals surface area (Å²) < 4.78 is 5.71. The number of hydrogen-bond donors (Lipinski definition) is 3. The fraction of sp³-hybridized carbons (Fsp3) is 0.368. The molecule has 1 atom stereocenters. The Labute approximate surface area is 172 Å². The highest BCUT2D eigenvalue weighted by Gasteiger charge is 2.21. The van der Waals surface area contributed by atoms with Gasteiger partial charge in [0.1, 0.15) is 6.61 Å². The molecule has 1 unspecified atom stereocenters. The highest BCUT2D eigenvalue weighted by atomic mass is 35.5. The van der Waals surface area contributed by atoms with Gasteiger partial charge < -0.3 is 25.4 Å². The van der Waals surface area contributed by atoms with Gasteiger partial charge in [0.25, 0.3) is 11.8 Å². The maximum atomic E-state index is 12.0. The molecule has 1 fully saturated rings. The Bertz CT molecular complexity index is 857. The number of aliphatic hydroxyl groups excluding tert-OH is 1. The molecule has 1 saturated heterocycles. The molecule has 7 nitrogen and oxygen atoms in total. The van der Waals surface area contributed by atoms with E-state index < -0.39 is 6.10 Å². The summed E-state index contributed by atoms with van der Waals surface area (Å²) >= 11 is 7.01. The van der Waals surface area contributed by atoms with Gasteiger partial charge in [-0.05, 0) is 42.8 Å². The number of carbonyl (C=O) groups excluding carboxylic acids is 2. The molecule has 28 heavy (non-hydrogen) atoms. The lowest BCUT2D eigenvalue weighted by molar-refractivity contribution is -0.125. The number of amides is 2. The molecule has 0 saturated carbocycles. The monoisotopic (exact) mass is 423 g/mol. The van der Waals surface area contributed by atoms with Gasteiger partial charge in [0.15, 0.2) is 0 Å². The zero-order valence-electron chi connectivity index (χ0n) is 15.4. The Hall–Kier alpha value is -2.13. The van der Waals surface area contributed by atoms with Crippen LogP contribution in [0.5, 0.6) is 0 Å². The Balaban J connectivity index is 1.49. The number of nitrogens with one attached hydrogen (secondary N) is 2. The molecule has 2 heterocycles. The standard InChI is InChI=1S/C19H22ClN3O4S/c1-12-8-13(2-3-15(12)23-6-7-27-11-18(23)25)21-9-14(24)10-22-19(26)16-4-5-17(20)28-16/h2-5,8,14,21,24H,6-7,9-11H2,1H3,(H,22,26). The van der Waals surface area contributed by atoms with E-state index in [1.807, 2.05) is 25.1 Å². The van der Waals surface area contributed by atoms with Crippen molar-refractivity contribution in [2.75, 3.05) is 43.1 Å². The third-order valence-electron chi connectivity index (χ3n) is 4.31. The van der Waals surface area contributed by atoms with Crippen LogP contribution in [0.1, 0.15) is 15.2 Å². The van der Waals surface area contributed by atoms with E-state index >= 15 is 0 Å². The molecule has 2 amide bonds. The van der Waals surface area contributed by atoms with Crippen LogP contribution in [0.25, 0.3) is 0 Å². The number of carbonyl (C=O) groups is 2. The topological polar surface area (TPSA) is 90.9 Å². The molecular weight excluding hydrogens is 402 g/mol. The average molecular weight is 424 g/mol. The van der Waals surface area contributed by atoms with E-state index in [0.717, 1.165) is 16.9 Å². The Kier molecular flexibility index (Phi) is 6.90. The van der Waals surface area contributed by atoms with Crippen LogP contribution in [-0.4, -0.2) is 55.9 Å². The van der Waals surface area contributed by atoms with E-state index in [2.05, 4.69) is 10.6 Å². The first-order chi connectivity index (χ1) is 13.4. The minimum Gasteiger partial charge on any atom is -0.389 e. The highest BCUT2D eigenvalue weighted by Crippen LogP contribution is 2.25. The number of thiophene rings is 1. The summed E-state index contributed by atoms with van der Waals surface area (Å²) in [7, 11) is 0. The molecule has 1 aliphatic heterocycles. The van der Waals surface area contributed by atoms with Crippen LogP contribution in [0.15, 0.2) is 30.3 Å². The van der Waals surface area contributed by atoms with Crippen molar-refractivity contribution in [3.05, 3.63) is 45.1 Å². The molecular formula is C19H22ClN3O4S. The molecule has 1 aliphatic rings. The quantitative estimate of drug-likeness (QED) is 0.635. The van der Waals surface area contributed by atoms with Gasteiger partial charge in [0, 0.05) is 31.0 Å². The molecule has 150 valence electrons. The molecule has 0 aliphatic carbocycles. The van der Waals surface area contributed by atoms with Crippen molar-refractivity contribution in [3.8, 4) is 0 Å². The van der Waals surface area contributed by atoms with Gasteiger partial charge in [-0.2, -0.15) is 0 Å². The third-order valence-corrected chi connectivity index (χ3v) is 5.54. The van der Waals surface area contributed by atoms with E-state index in [1.54, 1.807) is 17.0 Å². The van der Waals surface area contributed by atoms with Crippen LogP contribution in [-0.2, 0) is 9.53 Å². The summed E-state index contributed by atoms with van der Waals surface area (Å²) in [6, 6.07) is 8.99. The Morgan fingerprint density at radius 3 is 2.86 bits per heavy atom. The van der Waals surface area contributed by atoms with Crippen LogP contribution >= 0.6 is 22.9 Å². The van der Waals surface area contributed by atoms with Crippen molar-refractivity contribution in [3.63, 3.8) is 0 Å². The van der Waals surface area contributed by atoms with Crippen molar-refractivity contribution in [2.45, 2.75) is 13.0 Å². The molecule has 1 aromatic heterocycles. The van der Waals surface area contributed by atoms with Gasteiger partial charge in [0.05, 0.1) is 21.9 Å². The summed E-state index contributed by atoms with van der Waals surface area (Å²) in [6.45, 7) is 3.52. The second-order valence-corrected chi connectivity index (χ2v) is 8.16. The molecule has 0 radical (unpaired) electrons. The largest absolute Gasteiger partial charge is 0.389 e. The minimum atomic E-state index is -0.750. The smallest absolute Gasteiger partial charge is 0.261 e. The fourth-order valence-corrected chi connectivity index (χ4v) is 3.84. The van der Waals surface area contributed by atoms with Gasteiger partial charge in [-0.1, -0.05) is 11.6 Å². The molecule has 2 aromatic rings. The number of ether oxygens (including phenoxy) is 1. The van der Waals surface area contributed by atoms with Crippen molar-refractivity contribution >= 4 is 46.1 Å². The zero-order chi connectivity index (χ0) is 20.1. The maximum absolute atomic E-state index is 12.0. The summed E-state index contributed by atoms with van der Waals surface area (Å²) in [4.78, 5) is 26.2. The highest BCUT2D eigenvalue weighted by molar-refractivity contribution is 7.17. The Morgan fingerprint density at radius 1 is 1.36 bits per heavy atom. The van der Waals surface area contributed by atoms with Gasteiger partial charge in [-0.3, -0.25) is 9.59 Å². The summed E-state index contributed by atoms with van der Waals surface area (Å²) in [5.74, 6) is -0.306. The second-order valence-electron chi connectivity index (χ2n) is 6.45. The number of aryl methyl sites for hydroxylation is 1. The zero-order valence-corrected chi connectivity index (χ0v) is 17.0. The van der Waals surface area contributed by atoms with Crippen LogP contribution in [0.4, 0.5) is 11.4 Å². The van der Waals surface area contributed by atoms with Gasteiger partial charge in [0.2, 0.25) is 0 Å². The van der Waals surface area contributed by atoms with Gasteiger partial charge in [-0.15, -0.1) is 11.3 Å². The maximum Gasteiger partial charge on any atom is 0.261 e. The number of rotatable bonds is 7. The van der Waals surface area contributed by atoms with E-state index in [4.69, 9.17) is 16.3 Å². The van der Waals surface area contributed by atoms with Crippen molar-refractivity contribution < 1.29 is 19.4 Å². The van der Waals surface area contributed by atoms with Gasteiger partial charge >= 0.3 is 0 Å². The number of morpholine rings is 1. The average Bonchev–Trinajstić information content (AvgIpc) is 3.12. The first-order valence-corrected chi connectivity index (χ1v) is 10.1. The summed E-state index contributed by atoms with van der Waals surface area (Å²) in [6.07, 6.45) is -0.750. The SMILES string of the molecule is Cc1cc(NCC(O)CNC(=O)c2ccc(Cl)s2)ccc1N1CCOCC1=O. The van der Waals surface area contributed by atoms with E-state index in [0.29, 0.717) is 22.4 Å². The Morgan fingerprint density at radius 2 is 2.18 bits per heavy atom. The van der Waals surface area contributed by atoms with E-state index in [-0.39, 0.29) is 31.5 Å². The molecule has 9 heteroatoms. The third kappa shape index (κ3) is 5.23. The predicted octanol–water partition coefficient (Wildman–Crippen LogP) is 2.28. The van der Waals surface area contributed by atoms with Crippen molar-refractivity contribution in [2.24, 2.45) is 0 Å². The number of halogens is 1. The number of hydrogen-bond acceptors (Lipinski definition) is 6. The summed E-state index contributed by atoms with van der Waals surface area (Å²) in [5.41, 5.74) is 2.65.